The summed E-state index contributed by atoms with van der Waals surface area (Å²) in [5, 5.41) is 5.91. The maximum Gasteiger partial charge on any atom is 0.258 e. The first kappa shape index (κ1) is 13.6. The van der Waals surface area contributed by atoms with E-state index in [9.17, 15) is 4.79 Å². The van der Waals surface area contributed by atoms with Crippen molar-refractivity contribution in [3.8, 4) is 0 Å². The monoisotopic (exact) mass is 317 g/mol. The van der Waals surface area contributed by atoms with Gasteiger partial charge in [-0.05, 0) is 19.4 Å². The second kappa shape index (κ2) is 5.29. The van der Waals surface area contributed by atoms with Gasteiger partial charge in [0.2, 0.25) is 5.89 Å². The van der Waals surface area contributed by atoms with Crippen LogP contribution in [0.4, 0.5) is 0 Å². The number of hydrogen-bond acceptors (Lipinski definition) is 7. The molecule has 7 nitrogen and oxygen atoms in total. The van der Waals surface area contributed by atoms with Gasteiger partial charge in [-0.25, -0.2) is 4.98 Å². The Morgan fingerprint density at radius 3 is 3.18 bits per heavy atom. The van der Waals surface area contributed by atoms with Crippen molar-refractivity contribution in [3.63, 3.8) is 0 Å². The molecule has 0 aromatic carbocycles. The summed E-state index contributed by atoms with van der Waals surface area (Å²) in [6.07, 6.45) is 3.83. The average molecular weight is 317 g/mol. The number of aromatic nitrogens is 4. The molecule has 0 N–H and O–H groups in total. The number of fused-ring (bicyclic) bond motifs is 1. The van der Waals surface area contributed by atoms with Gasteiger partial charge < -0.3 is 4.52 Å². The molecule has 1 saturated heterocycles. The molecule has 1 atom stereocenters. The summed E-state index contributed by atoms with van der Waals surface area (Å²) in [6.45, 7) is 3.37. The van der Waals surface area contributed by atoms with E-state index in [1.807, 2.05) is 5.38 Å². The highest BCUT2D eigenvalue weighted by molar-refractivity contribution is 7.15. The van der Waals surface area contributed by atoms with E-state index in [2.05, 4.69) is 20.0 Å². The Bertz CT molecular complexity index is 867. The van der Waals surface area contributed by atoms with Crippen molar-refractivity contribution in [2.24, 2.45) is 0 Å². The predicted molar refractivity (Wildman–Crippen MR) is 80.8 cm³/mol. The van der Waals surface area contributed by atoms with Crippen LogP contribution < -0.4 is 5.56 Å². The van der Waals surface area contributed by atoms with Gasteiger partial charge in [-0.3, -0.25) is 14.1 Å². The van der Waals surface area contributed by atoms with Crippen LogP contribution in [0.5, 0.6) is 0 Å². The van der Waals surface area contributed by atoms with E-state index in [1.54, 1.807) is 23.6 Å². The van der Waals surface area contributed by atoms with Crippen LogP contribution in [0.2, 0.25) is 0 Å². The summed E-state index contributed by atoms with van der Waals surface area (Å²) in [5.74, 6) is 1.31. The molecular weight excluding hydrogens is 302 g/mol. The molecule has 3 aromatic rings. The Morgan fingerprint density at radius 2 is 2.36 bits per heavy atom. The Morgan fingerprint density at radius 1 is 1.45 bits per heavy atom. The van der Waals surface area contributed by atoms with Crippen molar-refractivity contribution in [1.82, 2.24) is 24.4 Å². The van der Waals surface area contributed by atoms with E-state index < -0.39 is 0 Å². The Balaban J connectivity index is 1.62. The van der Waals surface area contributed by atoms with E-state index >= 15 is 0 Å². The molecule has 0 bridgehead atoms. The lowest BCUT2D eigenvalue weighted by Gasteiger charge is -2.21. The molecule has 0 spiro atoms. The van der Waals surface area contributed by atoms with E-state index in [4.69, 9.17) is 4.52 Å². The van der Waals surface area contributed by atoms with Gasteiger partial charge >= 0.3 is 0 Å². The third-order valence-electron chi connectivity index (χ3n) is 3.93. The molecule has 114 valence electrons. The summed E-state index contributed by atoms with van der Waals surface area (Å²) in [4.78, 5) is 24.0. The third-order valence-corrected chi connectivity index (χ3v) is 4.68. The minimum atomic E-state index is -0.0348. The molecule has 1 fully saturated rings. The zero-order valence-electron chi connectivity index (χ0n) is 12.1. The minimum absolute atomic E-state index is 0.0348. The van der Waals surface area contributed by atoms with Crippen LogP contribution in [-0.2, 0) is 6.54 Å². The second-order valence-electron chi connectivity index (χ2n) is 5.44. The maximum atomic E-state index is 12.1. The fourth-order valence-corrected chi connectivity index (χ4v) is 3.67. The van der Waals surface area contributed by atoms with Gasteiger partial charge in [-0.2, -0.15) is 4.98 Å². The van der Waals surface area contributed by atoms with Crippen molar-refractivity contribution >= 4 is 16.3 Å². The molecule has 1 aliphatic rings. The normalized spacial score (nSPS) is 19.2. The average Bonchev–Trinajstić information content (AvgIpc) is 3.19. The maximum absolute atomic E-state index is 12.1. The van der Waals surface area contributed by atoms with Crippen molar-refractivity contribution in [1.29, 1.82) is 0 Å². The number of likely N-dealkylation sites (tertiary alicyclic amines) is 1. The Kier molecular flexibility index (Phi) is 3.27. The van der Waals surface area contributed by atoms with E-state index in [-0.39, 0.29) is 11.6 Å². The SMILES string of the molecule is Cc1nc([C@H]2CCCN2Cc2cc(=O)n3ccsc3n2)no1. The minimum Gasteiger partial charge on any atom is -0.340 e. The summed E-state index contributed by atoms with van der Waals surface area (Å²) in [7, 11) is 0. The Hall–Kier alpha value is -2.06. The number of aryl methyl sites for hydroxylation is 1. The molecule has 0 saturated carbocycles. The molecule has 0 unspecified atom stereocenters. The highest BCUT2D eigenvalue weighted by Gasteiger charge is 2.30. The molecule has 22 heavy (non-hydrogen) atoms. The highest BCUT2D eigenvalue weighted by Crippen LogP contribution is 2.31. The molecule has 3 aromatic heterocycles. The number of rotatable bonds is 3. The van der Waals surface area contributed by atoms with Crippen molar-refractivity contribution in [3.05, 3.63) is 45.4 Å². The van der Waals surface area contributed by atoms with Gasteiger partial charge in [0, 0.05) is 31.1 Å². The van der Waals surface area contributed by atoms with Gasteiger partial charge in [0.1, 0.15) is 0 Å². The molecular formula is C14H15N5O2S. The molecule has 1 aliphatic heterocycles. The highest BCUT2D eigenvalue weighted by atomic mass is 32.1. The quantitative estimate of drug-likeness (QED) is 0.733. The van der Waals surface area contributed by atoms with Gasteiger partial charge in [-0.1, -0.05) is 5.16 Å². The fourth-order valence-electron chi connectivity index (χ4n) is 2.94. The summed E-state index contributed by atoms with van der Waals surface area (Å²) >= 11 is 1.47. The lowest BCUT2D eigenvalue weighted by atomic mass is 10.2. The topological polar surface area (TPSA) is 76.5 Å². The van der Waals surface area contributed by atoms with E-state index in [0.29, 0.717) is 12.4 Å². The Labute approximate surface area is 130 Å². The zero-order chi connectivity index (χ0) is 15.1. The standard InChI is InChI=1S/C14H15N5O2S/c1-9-15-13(17-21-9)11-3-2-4-18(11)8-10-7-12(20)19-5-6-22-14(19)16-10/h5-7,11H,2-4,8H2,1H3/t11-/m1/s1. The van der Waals surface area contributed by atoms with Crippen LogP contribution in [0.25, 0.3) is 4.96 Å². The molecule has 4 rings (SSSR count). The van der Waals surface area contributed by atoms with Crippen LogP contribution in [0.15, 0.2) is 27.0 Å². The van der Waals surface area contributed by atoms with E-state index in [1.165, 1.54) is 11.3 Å². The zero-order valence-corrected chi connectivity index (χ0v) is 12.9. The molecule has 0 radical (unpaired) electrons. The number of nitrogens with zero attached hydrogens (tertiary/aromatic N) is 5. The second-order valence-corrected chi connectivity index (χ2v) is 6.31. The summed E-state index contributed by atoms with van der Waals surface area (Å²) < 4.78 is 6.65. The third kappa shape index (κ3) is 2.34. The first-order chi connectivity index (χ1) is 10.7. The first-order valence-corrected chi connectivity index (χ1v) is 8.09. The first-order valence-electron chi connectivity index (χ1n) is 7.21. The molecule has 0 aliphatic carbocycles. The lowest BCUT2D eigenvalue weighted by molar-refractivity contribution is 0.231. The summed E-state index contributed by atoms with van der Waals surface area (Å²) in [5.41, 5.74) is 0.756. The smallest absolute Gasteiger partial charge is 0.258 e. The molecule has 8 heteroatoms. The van der Waals surface area contributed by atoms with Crippen LogP contribution >= 0.6 is 11.3 Å². The fraction of sp³-hybridized carbons (Fsp3) is 0.429. The van der Waals surface area contributed by atoms with Gasteiger partial charge in [-0.15, -0.1) is 11.3 Å². The molecule has 4 heterocycles. The van der Waals surface area contributed by atoms with Gasteiger partial charge in [0.15, 0.2) is 10.8 Å². The van der Waals surface area contributed by atoms with E-state index in [0.717, 1.165) is 35.9 Å². The van der Waals surface area contributed by atoms with Crippen LogP contribution in [0.3, 0.4) is 0 Å². The van der Waals surface area contributed by atoms with Crippen LogP contribution in [0.1, 0.15) is 36.3 Å². The number of thiazole rings is 1. The predicted octanol–water partition coefficient (Wildman–Crippen LogP) is 1.78. The van der Waals surface area contributed by atoms with Crippen molar-refractivity contribution in [2.45, 2.75) is 32.4 Å². The molecule has 0 amide bonds. The van der Waals surface area contributed by atoms with Crippen molar-refractivity contribution in [2.75, 3.05) is 6.54 Å². The van der Waals surface area contributed by atoms with Gasteiger partial charge in [0.05, 0.1) is 11.7 Å². The van der Waals surface area contributed by atoms with Gasteiger partial charge in [0.25, 0.3) is 5.56 Å². The number of hydrogen-bond donors (Lipinski definition) is 0. The van der Waals surface area contributed by atoms with Crippen LogP contribution in [0, 0.1) is 6.92 Å². The lowest BCUT2D eigenvalue weighted by Crippen LogP contribution is -2.25. The van der Waals surface area contributed by atoms with Crippen LogP contribution in [-0.4, -0.2) is 31.0 Å². The summed E-state index contributed by atoms with van der Waals surface area (Å²) in [6, 6.07) is 1.75. The largest absolute Gasteiger partial charge is 0.340 e. The van der Waals surface area contributed by atoms with Crippen molar-refractivity contribution < 1.29 is 4.52 Å².